The van der Waals surface area contributed by atoms with Crippen molar-refractivity contribution in [3.63, 3.8) is 0 Å². The monoisotopic (exact) mass is 283 g/mol. The number of rotatable bonds is 1. The summed E-state index contributed by atoms with van der Waals surface area (Å²) in [5.41, 5.74) is 1.21. The molecule has 0 bridgehead atoms. The summed E-state index contributed by atoms with van der Waals surface area (Å²) in [6.45, 7) is 0. The van der Waals surface area contributed by atoms with Crippen molar-refractivity contribution in [2.75, 3.05) is 0 Å². The zero-order chi connectivity index (χ0) is 12.7. The van der Waals surface area contributed by atoms with Crippen molar-refractivity contribution in [3.05, 3.63) is 33.8 Å². The van der Waals surface area contributed by atoms with Gasteiger partial charge in [-0.1, -0.05) is 34.4 Å². The average molecular weight is 284 g/mol. The summed E-state index contributed by atoms with van der Waals surface area (Å²) in [5, 5.41) is 5.06. The lowest BCUT2D eigenvalue weighted by atomic mass is 9.80. The summed E-state index contributed by atoms with van der Waals surface area (Å²) in [4.78, 5) is 17.4. The van der Waals surface area contributed by atoms with Crippen LogP contribution in [0.3, 0.4) is 0 Å². The minimum Gasteiger partial charge on any atom is -0.391 e. The van der Waals surface area contributed by atoms with E-state index in [2.05, 4.69) is 5.16 Å². The molecule has 94 valence electrons. The lowest BCUT2D eigenvalue weighted by Crippen LogP contribution is -2.35. The molecule has 1 aliphatic carbocycles. The van der Waals surface area contributed by atoms with Gasteiger partial charge in [0.15, 0.2) is 0 Å². The molecule has 2 unspecified atom stereocenters. The van der Waals surface area contributed by atoms with Crippen LogP contribution in [0.4, 0.5) is 0 Å². The van der Waals surface area contributed by atoms with E-state index in [9.17, 15) is 4.79 Å². The Hall–Kier alpha value is -1.06. The summed E-state index contributed by atoms with van der Waals surface area (Å²) in [7, 11) is 0. The maximum Gasteiger partial charge on any atom is 0.145 e. The molecule has 1 aliphatic heterocycles. The molecule has 0 aromatic heterocycles. The van der Waals surface area contributed by atoms with Gasteiger partial charge in [-0.3, -0.25) is 4.79 Å². The molecule has 1 aromatic carbocycles. The fourth-order valence-electron chi connectivity index (χ4n) is 2.57. The van der Waals surface area contributed by atoms with Gasteiger partial charge in [0.2, 0.25) is 0 Å². The third kappa shape index (κ3) is 1.82. The van der Waals surface area contributed by atoms with Crippen LogP contribution in [0.2, 0.25) is 10.0 Å². The van der Waals surface area contributed by atoms with Crippen LogP contribution in [0.5, 0.6) is 0 Å². The van der Waals surface area contributed by atoms with E-state index in [0.29, 0.717) is 27.7 Å². The SMILES string of the molecule is O=C1CCCC2ON=C(c3c(Cl)cccc3Cl)C12. The van der Waals surface area contributed by atoms with E-state index in [0.717, 1.165) is 12.8 Å². The van der Waals surface area contributed by atoms with Gasteiger partial charge in [-0.25, -0.2) is 0 Å². The van der Waals surface area contributed by atoms with Gasteiger partial charge in [0.1, 0.15) is 23.5 Å². The van der Waals surface area contributed by atoms with Crippen LogP contribution < -0.4 is 0 Å². The van der Waals surface area contributed by atoms with Crippen molar-refractivity contribution < 1.29 is 9.63 Å². The maximum atomic E-state index is 12.0. The van der Waals surface area contributed by atoms with Crippen LogP contribution in [0.15, 0.2) is 23.4 Å². The van der Waals surface area contributed by atoms with Crippen LogP contribution >= 0.6 is 23.2 Å². The minimum absolute atomic E-state index is 0.145. The zero-order valence-corrected chi connectivity index (χ0v) is 11.0. The molecule has 1 aromatic rings. The third-order valence-corrected chi connectivity index (χ3v) is 4.06. The molecule has 5 heteroatoms. The Balaban J connectivity index is 2.05. The van der Waals surface area contributed by atoms with Crippen LogP contribution in [-0.4, -0.2) is 17.6 Å². The fraction of sp³-hybridized carbons (Fsp3) is 0.385. The molecule has 2 aliphatic rings. The smallest absolute Gasteiger partial charge is 0.145 e. The summed E-state index contributed by atoms with van der Waals surface area (Å²) in [5.74, 6) is -0.144. The quantitative estimate of drug-likeness (QED) is 0.792. The second-order valence-electron chi connectivity index (χ2n) is 4.55. The largest absolute Gasteiger partial charge is 0.391 e. The topological polar surface area (TPSA) is 38.7 Å². The molecule has 0 radical (unpaired) electrons. The molecular formula is C13H11Cl2NO2. The van der Waals surface area contributed by atoms with Gasteiger partial charge in [0.25, 0.3) is 0 Å². The molecule has 2 atom stereocenters. The number of Topliss-reactive ketones (excluding diaryl/α,β-unsaturated/α-hetero) is 1. The van der Waals surface area contributed by atoms with Crippen molar-refractivity contribution in [2.45, 2.75) is 25.4 Å². The van der Waals surface area contributed by atoms with Crippen molar-refractivity contribution in [1.29, 1.82) is 0 Å². The van der Waals surface area contributed by atoms with E-state index in [-0.39, 0.29) is 17.8 Å². The van der Waals surface area contributed by atoms with Crippen LogP contribution in [0, 0.1) is 5.92 Å². The molecule has 18 heavy (non-hydrogen) atoms. The van der Waals surface area contributed by atoms with Gasteiger partial charge in [-0.15, -0.1) is 0 Å². The molecular weight excluding hydrogens is 273 g/mol. The van der Waals surface area contributed by atoms with E-state index >= 15 is 0 Å². The predicted octanol–water partition coefficient (Wildman–Crippen LogP) is 3.47. The van der Waals surface area contributed by atoms with Crippen LogP contribution in [0.1, 0.15) is 24.8 Å². The highest BCUT2D eigenvalue weighted by atomic mass is 35.5. The average Bonchev–Trinajstić information content (AvgIpc) is 2.74. The van der Waals surface area contributed by atoms with Gasteiger partial charge in [0, 0.05) is 12.0 Å². The summed E-state index contributed by atoms with van der Waals surface area (Å²) >= 11 is 12.3. The Morgan fingerprint density at radius 1 is 1.28 bits per heavy atom. The first-order valence-electron chi connectivity index (χ1n) is 5.89. The number of hydrogen-bond acceptors (Lipinski definition) is 3. The van der Waals surface area contributed by atoms with Crippen LogP contribution in [0.25, 0.3) is 0 Å². The number of carbonyl (C=O) groups excluding carboxylic acids is 1. The van der Waals surface area contributed by atoms with Crippen molar-refractivity contribution in [2.24, 2.45) is 11.1 Å². The Morgan fingerprint density at radius 2 is 2.00 bits per heavy atom. The van der Waals surface area contributed by atoms with Crippen molar-refractivity contribution in [3.8, 4) is 0 Å². The maximum absolute atomic E-state index is 12.0. The van der Waals surface area contributed by atoms with E-state index in [4.69, 9.17) is 28.0 Å². The van der Waals surface area contributed by atoms with Gasteiger partial charge < -0.3 is 4.84 Å². The van der Waals surface area contributed by atoms with Crippen molar-refractivity contribution in [1.82, 2.24) is 0 Å². The second-order valence-corrected chi connectivity index (χ2v) is 5.37. The molecule has 3 nitrogen and oxygen atoms in total. The summed E-state index contributed by atoms with van der Waals surface area (Å²) in [6.07, 6.45) is 2.14. The van der Waals surface area contributed by atoms with Gasteiger partial charge in [0.05, 0.1) is 10.0 Å². The number of benzene rings is 1. The Labute approximate surface area is 115 Å². The number of ketones is 1. The normalized spacial score (nSPS) is 26.6. The highest BCUT2D eigenvalue weighted by Crippen LogP contribution is 2.36. The lowest BCUT2D eigenvalue weighted by Gasteiger charge is -2.22. The molecule has 0 amide bonds. The second kappa shape index (κ2) is 4.56. The molecule has 0 saturated heterocycles. The number of halogens is 2. The highest BCUT2D eigenvalue weighted by molar-refractivity contribution is 6.41. The Kier molecular flexibility index (Phi) is 3.04. The zero-order valence-electron chi connectivity index (χ0n) is 9.53. The van der Waals surface area contributed by atoms with E-state index in [1.165, 1.54) is 0 Å². The summed E-state index contributed by atoms with van der Waals surface area (Å²) in [6, 6.07) is 5.25. The number of carbonyl (C=O) groups is 1. The van der Waals surface area contributed by atoms with E-state index < -0.39 is 0 Å². The number of nitrogens with zero attached hydrogens (tertiary/aromatic N) is 1. The van der Waals surface area contributed by atoms with Gasteiger partial charge in [-0.05, 0) is 25.0 Å². The highest BCUT2D eigenvalue weighted by Gasteiger charge is 2.43. The number of hydrogen-bond donors (Lipinski definition) is 0. The number of oxime groups is 1. The lowest BCUT2D eigenvalue weighted by molar-refractivity contribution is -0.126. The predicted molar refractivity (Wildman–Crippen MR) is 70.2 cm³/mol. The molecule has 3 rings (SSSR count). The van der Waals surface area contributed by atoms with Gasteiger partial charge in [-0.2, -0.15) is 0 Å². The molecule has 0 spiro atoms. The van der Waals surface area contributed by atoms with E-state index in [1.807, 2.05) is 0 Å². The van der Waals surface area contributed by atoms with Crippen molar-refractivity contribution >= 4 is 34.7 Å². The van der Waals surface area contributed by atoms with Crippen LogP contribution in [-0.2, 0) is 9.63 Å². The first-order chi connectivity index (χ1) is 8.68. The summed E-state index contributed by atoms with van der Waals surface area (Å²) < 4.78 is 0. The first-order valence-corrected chi connectivity index (χ1v) is 6.65. The Morgan fingerprint density at radius 3 is 2.72 bits per heavy atom. The molecule has 0 N–H and O–H groups in total. The first kappa shape index (κ1) is 12.0. The molecule has 1 heterocycles. The standard InChI is InChI=1S/C13H11Cl2NO2/c14-7-3-1-4-8(15)11(7)13-12-9(17)5-2-6-10(12)18-16-13/h1,3-4,10,12H,2,5-6H2. The third-order valence-electron chi connectivity index (χ3n) is 3.43. The minimum atomic E-state index is -0.309. The Bertz CT molecular complexity index is 522. The molecule has 1 saturated carbocycles. The fourth-order valence-corrected chi connectivity index (χ4v) is 3.17. The molecule has 1 fully saturated rings. The van der Waals surface area contributed by atoms with Gasteiger partial charge >= 0.3 is 0 Å². The number of fused-ring (bicyclic) bond motifs is 1. The van der Waals surface area contributed by atoms with E-state index in [1.54, 1.807) is 18.2 Å².